The Balaban J connectivity index is 0.000000140. The molecule has 7 aromatic rings. The zero-order chi connectivity index (χ0) is 45.1. The van der Waals surface area contributed by atoms with Crippen LogP contribution in [0.1, 0.15) is 59.9 Å². The van der Waals surface area contributed by atoms with Crippen molar-refractivity contribution in [3.63, 3.8) is 0 Å². The highest BCUT2D eigenvalue weighted by atomic mass is 79.9. The van der Waals surface area contributed by atoms with E-state index in [0.717, 1.165) is 52.3 Å². The third-order valence-electron chi connectivity index (χ3n) is 12.0. The summed E-state index contributed by atoms with van der Waals surface area (Å²) in [5, 5.41) is 14.8. The van der Waals surface area contributed by atoms with Crippen molar-refractivity contribution in [2.24, 2.45) is 23.5 Å². The first-order valence-corrected chi connectivity index (χ1v) is 28.3. The zero-order valence-electron chi connectivity index (χ0n) is 37.1. The van der Waals surface area contributed by atoms with Crippen LogP contribution in [0.2, 0.25) is 0 Å². The van der Waals surface area contributed by atoms with Crippen LogP contribution in [-0.2, 0) is 30.3 Å². The molecule has 0 bridgehead atoms. The number of nitrogens with zero attached hydrogens (tertiary/aromatic N) is 1. The Hall–Kier alpha value is -3.52. The van der Waals surface area contributed by atoms with Gasteiger partial charge in [-0.25, -0.2) is 0 Å². The van der Waals surface area contributed by atoms with Crippen LogP contribution in [0.15, 0.2) is 172 Å². The fraction of sp³-hybridized carbons (Fsp3) is 0.298. The van der Waals surface area contributed by atoms with Crippen molar-refractivity contribution in [2.75, 3.05) is 23.8 Å². The van der Waals surface area contributed by atoms with E-state index in [4.69, 9.17) is 23.2 Å². The normalized spacial score (nSPS) is 17.0. The zero-order valence-corrected chi connectivity index (χ0v) is 42.8. The molecule has 0 saturated heterocycles. The van der Waals surface area contributed by atoms with Crippen molar-refractivity contribution >= 4 is 101 Å². The smallest absolute Gasteiger partial charge is 0.0625 e. The Kier molecular flexibility index (Phi) is 20.3. The molecule has 10 rings (SSSR count). The van der Waals surface area contributed by atoms with E-state index in [1.807, 2.05) is 47.0 Å². The highest BCUT2D eigenvalue weighted by molar-refractivity contribution is 9.08. The molecule has 0 saturated carbocycles. The molecule has 65 heavy (non-hydrogen) atoms. The Morgan fingerprint density at radius 2 is 1.03 bits per heavy atom. The minimum atomic E-state index is 0.560. The largest absolute Gasteiger partial charge is 0.330 e. The van der Waals surface area contributed by atoms with Gasteiger partial charge in [-0.15, -0.1) is 47.0 Å². The number of nitriles is 1. The van der Waals surface area contributed by atoms with Crippen LogP contribution >= 0.6 is 75.2 Å². The molecule has 3 atom stereocenters. The molecule has 334 valence electrons. The first-order valence-electron chi connectivity index (χ1n) is 22.8. The minimum absolute atomic E-state index is 0.560. The van der Waals surface area contributed by atoms with Crippen molar-refractivity contribution in [3.8, 4) is 6.07 Å². The lowest BCUT2D eigenvalue weighted by atomic mass is 9.95. The van der Waals surface area contributed by atoms with Crippen LogP contribution in [0.4, 0.5) is 0 Å². The Labute approximate surface area is 418 Å². The molecule has 0 fully saturated rings. The van der Waals surface area contributed by atoms with Crippen LogP contribution in [0.25, 0.3) is 21.5 Å². The lowest BCUT2D eigenvalue weighted by Gasteiger charge is -2.23. The topological polar surface area (TPSA) is 49.8 Å². The van der Waals surface area contributed by atoms with E-state index in [1.54, 1.807) is 0 Å². The maximum atomic E-state index is 8.61. The molecule has 0 amide bonds. The van der Waals surface area contributed by atoms with Gasteiger partial charge in [-0.2, -0.15) is 5.26 Å². The molecule has 2 nitrogen and oxygen atoms in total. The molecule has 0 aliphatic carbocycles. The summed E-state index contributed by atoms with van der Waals surface area (Å²) >= 11 is 16.8. The highest BCUT2D eigenvalue weighted by Crippen LogP contribution is 2.36. The van der Waals surface area contributed by atoms with Crippen LogP contribution in [0.3, 0.4) is 0 Å². The summed E-state index contributed by atoms with van der Waals surface area (Å²) in [4.78, 5) is 4.35. The molecule has 3 heterocycles. The average molecular weight is 1010 g/mol. The summed E-state index contributed by atoms with van der Waals surface area (Å²) < 4.78 is 1.16. The second-order valence-electron chi connectivity index (χ2n) is 17.0. The van der Waals surface area contributed by atoms with E-state index >= 15 is 0 Å². The van der Waals surface area contributed by atoms with Crippen LogP contribution in [0, 0.1) is 29.1 Å². The Bertz CT molecular complexity index is 2640. The van der Waals surface area contributed by atoms with Crippen LogP contribution < -0.4 is 5.73 Å². The van der Waals surface area contributed by atoms with E-state index in [1.165, 1.54) is 108 Å². The van der Waals surface area contributed by atoms with Gasteiger partial charge in [0.05, 0.1) is 6.07 Å². The predicted octanol–water partition coefficient (Wildman–Crippen LogP) is 16.4. The van der Waals surface area contributed by atoms with E-state index in [-0.39, 0.29) is 0 Å². The van der Waals surface area contributed by atoms with Crippen molar-refractivity contribution < 1.29 is 0 Å². The van der Waals surface area contributed by atoms with Gasteiger partial charge >= 0.3 is 0 Å². The monoisotopic (exact) mass is 1010 g/mol. The van der Waals surface area contributed by atoms with Gasteiger partial charge in [0.15, 0.2) is 0 Å². The first kappa shape index (κ1) is 49.4. The Morgan fingerprint density at radius 1 is 0.585 bits per heavy atom. The summed E-state index contributed by atoms with van der Waals surface area (Å²) in [6.45, 7) is 0.827. The molecule has 8 heteroatoms. The SMILES string of the molecule is BrCc1ccc2ccccc2c1.N#CCC1CSc2ccccc2C1.NCCC1CSc2ccccc2C1.S=C(CCCC1CSc2ccccc2C1)SCc1ccc2ccccc2c1. The number of benzene rings is 7. The van der Waals surface area contributed by atoms with Crippen molar-refractivity contribution in [3.05, 3.63) is 186 Å². The molecule has 2 N–H and O–H groups in total. The van der Waals surface area contributed by atoms with E-state index in [9.17, 15) is 0 Å². The maximum absolute atomic E-state index is 8.61. The van der Waals surface area contributed by atoms with Gasteiger partial charge < -0.3 is 5.73 Å². The summed E-state index contributed by atoms with van der Waals surface area (Å²) in [5.74, 6) is 6.75. The quantitative estimate of drug-likeness (QED) is 0.108. The first-order chi connectivity index (χ1) is 32.0. The van der Waals surface area contributed by atoms with E-state index in [2.05, 4.69) is 180 Å². The molecular weight excluding hydrogens is 953 g/mol. The average Bonchev–Trinajstić information content (AvgIpc) is 3.36. The number of nitrogens with two attached hydrogens (primary N) is 1. The van der Waals surface area contributed by atoms with Crippen LogP contribution in [-0.4, -0.2) is 28.0 Å². The van der Waals surface area contributed by atoms with Crippen molar-refractivity contribution in [1.29, 1.82) is 5.26 Å². The lowest BCUT2D eigenvalue weighted by molar-refractivity contribution is 0.514. The molecule has 3 aliphatic rings. The standard InChI is InChI=1S/C24H24S3.C11H9Br.C11H15NS.C11H11NS/c25-24(27-17-19-12-13-20-7-1-2-8-21(20)14-19)11-5-6-18-15-22-9-3-4-10-23(22)26-16-18;12-8-9-5-6-10-3-1-2-4-11(10)7-9;2*12-6-5-9-7-10-3-1-2-4-11(10)13-8-9/h1-4,7-10,12-14,18H,5-6,11,15-17H2;1-7H,8H2;1-4,9H,5-8,12H2;1-4,9H,5,7-8H2. The Morgan fingerprint density at radius 3 is 1.55 bits per heavy atom. The molecule has 0 aromatic heterocycles. The molecule has 0 radical (unpaired) electrons. The minimum Gasteiger partial charge on any atom is -0.330 e. The van der Waals surface area contributed by atoms with Gasteiger partial charge in [-0.05, 0) is 137 Å². The molecule has 0 spiro atoms. The third kappa shape index (κ3) is 15.5. The summed E-state index contributed by atoms with van der Waals surface area (Å²) in [5.41, 5.74) is 12.7. The number of hydrogen-bond acceptors (Lipinski definition) is 7. The van der Waals surface area contributed by atoms with Gasteiger partial charge in [0.25, 0.3) is 0 Å². The van der Waals surface area contributed by atoms with E-state index in [0.29, 0.717) is 12.3 Å². The second-order valence-corrected chi connectivity index (χ2v) is 22.5. The number of hydrogen-bond donors (Lipinski definition) is 1. The molecular formula is C57H59BrN2S5. The number of alkyl halides is 1. The van der Waals surface area contributed by atoms with Gasteiger partial charge in [-0.3, -0.25) is 0 Å². The number of thiocarbonyl (C=S) groups is 1. The van der Waals surface area contributed by atoms with Crippen LogP contribution in [0.5, 0.6) is 0 Å². The van der Waals surface area contributed by atoms with Gasteiger partial charge in [0.2, 0.25) is 0 Å². The maximum Gasteiger partial charge on any atom is 0.0625 e. The third-order valence-corrected chi connectivity index (χ3v) is 18.2. The molecule has 7 aromatic carbocycles. The number of fused-ring (bicyclic) bond motifs is 5. The second kappa shape index (κ2) is 26.7. The lowest BCUT2D eigenvalue weighted by Crippen LogP contribution is -2.17. The molecule has 3 unspecified atom stereocenters. The van der Waals surface area contributed by atoms with E-state index < -0.39 is 0 Å². The number of rotatable bonds is 10. The number of thioether (sulfide) groups is 4. The molecule has 3 aliphatic heterocycles. The number of halogens is 1. The van der Waals surface area contributed by atoms with Crippen molar-refractivity contribution in [2.45, 2.75) is 77.1 Å². The predicted molar refractivity (Wildman–Crippen MR) is 295 cm³/mol. The summed E-state index contributed by atoms with van der Waals surface area (Å²) in [6, 6.07) is 58.5. The fourth-order valence-corrected chi connectivity index (χ4v) is 13.5. The summed E-state index contributed by atoms with van der Waals surface area (Å²) in [6.07, 6.45) is 8.98. The van der Waals surface area contributed by atoms with Gasteiger partial charge in [-0.1, -0.05) is 168 Å². The van der Waals surface area contributed by atoms with Crippen molar-refractivity contribution in [1.82, 2.24) is 0 Å². The highest BCUT2D eigenvalue weighted by Gasteiger charge is 2.20. The van der Waals surface area contributed by atoms with Gasteiger partial charge in [0.1, 0.15) is 0 Å². The van der Waals surface area contributed by atoms with Gasteiger partial charge in [0, 0.05) is 53.6 Å². The fourth-order valence-electron chi connectivity index (χ4n) is 8.46. The summed E-state index contributed by atoms with van der Waals surface area (Å²) in [7, 11) is 0.